The second kappa shape index (κ2) is 10.3. The summed E-state index contributed by atoms with van der Waals surface area (Å²) in [6, 6.07) is 7.87. The summed E-state index contributed by atoms with van der Waals surface area (Å²) in [7, 11) is 0. The maximum absolute atomic E-state index is 12.5. The van der Waals surface area contributed by atoms with Gasteiger partial charge >= 0.3 is 6.09 Å². The van der Waals surface area contributed by atoms with Crippen molar-refractivity contribution in [2.45, 2.75) is 65.5 Å². The lowest BCUT2D eigenvalue weighted by molar-refractivity contribution is -0.128. The van der Waals surface area contributed by atoms with E-state index in [0.717, 1.165) is 24.2 Å². The van der Waals surface area contributed by atoms with E-state index in [1.807, 2.05) is 38.1 Å². The van der Waals surface area contributed by atoms with Crippen LogP contribution in [-0.4, -0.2) is 48.7 Å². The average molecular weight is 391 g/mol. The van der Waals surface area contributed by atoms with Gasteiger partial charge in [0.05, 0.1) is 6.61 Å². The van der Waals surface area contributed by atoms with Gasteiger partial charge < -0.3 is 19.7 Å². The van der Waals surface area contributed by atoms with Gasteiger partial charge in [0.2, 0.25) is 0 Å². The monoisotopic (exact) mass is 390 g/mol. The van der Waals surface area contributed by atoms with E-state index in [1.165, 1.54) is 0 Å². The molecule has 1 aromatic carbocycles. The molecular weight excluding hydrogens is 356 g/mol. The van der Waals surface area contributed by atoms with Gasteiger partial charge in [0.15, 0.2) is 6.10 Å². The van der Waals surface area contributed by atoms with E-state index in [1.54, 1.807) is 11.8 Å². The molecule has 1 aliphatic rings. The molecule has 1 aliphatic heterocycles. The van der Waals surface area contributed by atoms with Crippen molar-refractivity contribution >= 4 is 12.0 Å². The van der Waals surface area contributed by atoms with Crippen molar-refractivity contribution in [2.24, 2.45) is 5.92 Å². The molecule has 0 radical (unpaired) electrons. The van der Waals surface area contributed by atoms with Gasteiger partial charge in [-0.15, -0.1) is 0 Å². The fourth-order valence-electron chi connectivity index (χ4n) is 3.16. The summed E-state index contributed by atoms with van der Waals surface area (Å²) in [4.78, 5) is 26.3. The van der Waals surface area contributed by atoms with Gasteiger partial charge in [0, 0.05) is 19.1 Å². The topological polar surface area (TPSA) is 67.9 Å². The number of nitrogens with zero attached hydrogens (tertiary/aromatic N) is 1. The molecule has 1 saturated heterocycles. The van der Waals surface area contributed by atoms with Crippen LogP contribution in [0.4, 0.5) is 4.79 Å². The summed E-state index contributed by atoms with van der Waals surface area (Å²) >= 11 is 0. The van der Waals surface area contributed by atoms with Crippen molar-refractivity contribution in [2.75, 3.05) is 19.7 Å². The van der Waals surface area contributed by atoms with Crippen molar-refractivity contribution in [3.8, 4) is 5.75 Å². The highest BCUT2D eigenvalue weighted by atomic mass is 16.6. The first kappa shape index (κ1) is 22.1. The van der Waals surface area contributed by atoms with Crippen molar-refractivity contribution in [1.29, 1.82) is 0 Å². The molecule has 0 spiro atoms. The van der Waals surface area contributed by atoms with Crippen LogP contribution in [0.15, 0.2) is 24.3 Å². The van der Waals surface area contributed by atoms with Crippen LogP contribution in [0.25, 0.3) is 0 Å². The maximum Gasteiger partial charge on any atom is 0.409 e. The molecular formula is C22H34N2O4. The summed E-state index contributed by atoms with van der Waals surface area (Å²) < 4.78 is 11.2. The highest BCUT2D eigenvalue weighted by molar-refractivity contribution is 5.81. The van der Waals surface area contributed by atoms with Crippen LogP contribution in [0.2, 0.25) is 0 Å². The Kier molecular flexibility index (Phi) is 8.15. The fraction of sp³-hybridized carbons (Fsp3) is 0.636. The SMILES string of the molecule is CC(C)COC(=O)N1CCC(NC(=O)C(C)Oc2ccccc2C(C)C)CC1. The van der Waals surface area contributed by atoms with Crippen LogP contribution in [0.3, 0.4) is 0 Å². The second-order valence-corrected chi connectivity index (χ2v) is 8.19. The number of benzene rings is 1. The number of carbonyl (C=O) groups is 2. The van der Waals surface area contributed by atoms with Crippen molar-refractivity contribution < 1.29 is 19.1 Å². The third kappa shape index (κ3) is 6.43. The third-order valence-electron chi connectivity index (χ3n) is 4.85. The number of rotatable bonds is 7. The van der Waals surface area contributed by atoms with Crippen LogP contribution in [0.5, 0.6) is 5.75 Å². The van der Waals surface area contributed by atoms with E-state index in [-0.39, 0.29) is 18.0 Å². The zero-order valence-electron chi connectivity index (χ0n) is 17.7. The van der Waals surface area contributed by atoms with Gasteiger partial charge in [0.25, 0.3) is 5.91 Å². The zero-order valence-corrected chi connectivity index (χ0v) is 17.7. The predicted octanol–water partition coefficient (Wildman–Crippen LogP) is 3.95. The highest BCUT2D eigenvalue weighted by Crippen LogP contribution is 2.26. The lowest BCUT2D eigenvalue weighted by atomic mass is 10.0. The molecule has 2 rings (SSSR count). The lowest BCUT2D eigenvalue weighted by Crippen LogP contribution is -2.49. The minimum absolute atomic E-state index is 0.0491. The van der Waals surface area contributed by atoms with E-state index < -0.39 is 6.10 Å². The normalized spacial score (nSPS) is 16.2. The smallest absolute Gasteiger partial charge is 0.409 e. The van der Waals surface area contributed by atoms with E-state index in [9.17, 15) is 9.59 Å². The molecule has 0 bridgehead atoms. The van der Waals surface area contributed by atoms with E-state index in [0.29, 0.717) is 31.5 Å². The minimum atomic E-state index is -0.575. The molecule has 1 aromatic rings. The number of piperidine rings is 1. The highest BCUT2D eigenvalue weighted by Gasteiger charge is 2.27. The number of amides is 2. The van der Waals surface area contributed by atoms with E-state index in [2.05, 4.69) is 19.2 Å². The summed E-state index contributed by atoms with van der Waals surface area (Å²) in [5.74, 6) is 1.27. The number of hydrogen-bond acceptors (Lipinski definition) is 4. The summed E-state index contributed by atoms with van der Waals surface area (Å²) in [5.41, 5.74) is 1.09. The first-order valence-electron chi connectivity index (χ1n) is 10.3. The van der Waals surface area contributed by atoms with Gasteiger partial charge in [-0.3, -0.25) is 4.79 Å². The van der Waals surface area contributed by atoms with Crippen LogP contribution in [-0.2, 0) is 9.53 Å². The van der Waals surface area contributed by atoms with Gasteiger partial charge in [-0.05, 0) is 43.2 Å². The Hall–Kier alpha value is -2.24. The Morgan fingerprint density at radius 1 is 1.11 bits per heavy atom. The first-order valence-corrected chi connectivity index (χ1v) is 10.3. The van der Waals surface area contributed by atoms with Crippen molar-refractivity contribution in [1.82, 2.24) is 10.2 Å². The predicted molar refractivity (Wildman–Crippen MR) is 110 cm³/mol. The molecule has 2 amide bonds. The molecule has 156 valence electrons. The quantitative estimate of drug-likeness (QED) is 0.765. The van der Waals surface area contributed by atoms with Crippen molar-refractivity contribution in [3.63, 3.8) is 0 Å². The zero-order chi connectivity index (χ0) is 20.7. The molecule has 0 saturated carbocycles. The molecule has 1 fully saturated rings. The Bertz CT molecular complexity index is 652. The molecule has 1 unspecified atom stereocenters. The number of carbonyl (C=O) groups excluding carboxylic acids is 2. The molecule has 1 heterocycles. The number of hydrogen-bond donors (Lipinski definition) is 1. The molecule has 1 atom stereocenters. The van der Waals surface area contributed by atoms with E-state index >= 15 is 0 Å². The molecule has 6 nitrogen and oxygen atoms in total. The number of nitrogens with one attached hydrogen (secondary N) is 1. The second-order valence-electron chi connectivity index (χ2n) is 8.19. The van der Waals surface area contributed by atoms with Gasteiger partial charge in [-0.1, -0.05) is 45.9 Å². The molecule has 28 heavy (non-hydrogen) atoms. The van der Waals surface area contributed by atoms with Crippen LogP contribution >= 0.6 is 0 Å². The molecule has 6 heteroatoms. The molecule has 0 aromatic heterocycles. The van der Waals surface area contributed by atoms with Crippen LogP contribution in [0, 0.1) is 5.92 Å². The van der Waals surface area contributed by atoms with Gasteiger partial charge in [-0.2, -0.15) is 0 Å². The Morgan fingerprint density at radius 2 is 1.75 bits per heavy atom. The largest absolute Gasteiger partial charge is 0.481 e. The summed E-state index contributed by atoms with van der Waals surface area (Å²) in [5, 5.41) is 3.05. The average Bonchev–Trinajstić information content (AvgIpc) is 2.66. The lowest BCUT2D eigenvalue weighted by Gasteiger charge is -2.32. The fourth-order valence-corrected chi connectivity index (χ4v) is 3.16. The maximum atomic E-state index is 12.5. The van der Waals surface area contributed by atoms with Gasteiger partial charge in [-0.25, -0.2) is 4.79 Å². The number of ether oxygens (including phenoxy) is 2. The third-order valence-corrected chi connectivity index (χ3v) is 4.85. The van der Waals surface area contributed by atoms with Crippen LogP contribution < -0.4 is 10.1 Å². The first-order chi connectivity index (χ1) is 13.3. The standard InChI is InChI=1S/C22H34N2O4/c1-15(2)14-27-22(26)24-12-10-18(11-13-24)23-21(25)17(5)28-20-9-7-6-8-19(20)16(3)4/h6-9,15-18H,10-14H2,1-5H3,(H,23,25). The Labute approximate surface area is 168 Å². The Balaban J connectivity index is 1.80. The minimum Gasteiger partial charge on any atom is -0.481 e. The molecule has 0 aliphatic carbocycles. The van der Waals surface area contributed by atoms with Crippen LogP contribution in [0.1, 0.15) is 58.9 Å². The summed E-state index contributed by atoms with van der Waals surface area (Å²) in [6.07, 6.45) is 0.602. The summed E-state index contributed by atoms with van der Waals surface area (Å²) in [6.45, 7) is 11.6. The number of para-hydroxylation sites is 1. The number of likely N-dealkylation sites (tertiary alicyclic amines) is 1. The Morgan fingerprint density at radius 3 is 2.36 bits per heavy atom. The molecule has 1 N–H and O–H groups in total. The van der Waals surface area contributed by atoms with Gasteiger partial charge in [0.1, 0.15) is 5.75 Å². The van der Waals surface area contributed by atoms with Crippen molar-refractivity contribution in [3.05, 3.63) is 29.8 Å². The van der Waals surface area contributed by atoms with E-state index in [4.69, 9.17) is 9.47 Å².